The van der Waals surface area contributed by atoms with E-state index in [4.69, 9.17) is 0 Å². The molecule has 2 rings (SSSR count). The highest BCUT2D eigenvalue weighted by molar-refractivity contribution is 5.37. The second-order valence-corrected chi connectivity index (χ2v) is 2.68. The zero-order valence-corrected chi connectivity index (χ0v) is 7.09. The van der Waals surface area contributed by atoms with Gasteiger partial charge in [0.2, 0.25) is 0 Å². The first-order valence-electron chi connectivity index (χ1n) is 4.14. The van der Waals surface area contributed by atoms with E-state index in [1.807, 2.05) is 56.0 Å². The fourth-order valence-electron chi connectivity index (χ4n) is 1.04. The molecule has 13 heavy (non-hydrogen) atoms. The molecule has 0 spiro atoms. The maximum atomic E-state index is 4.07. The van der Waals surface area contributed by atoms with E-state index in [1.54, 1.807) is 0 Å². The van der Waals surface area contributed by atoms with Gasteiger partial charge in [-0.2, -0.15) is 10.2 Å². The smallest absolute Gasteiger partial charge is 0.116 e. The number of azo groups is 1. The molecular formula is C11H9N2. The van der Waals surface area contributed by atoms with Gasteiger partial charge in [-0.15, -0.1) is 0 Å². The van der Waals surface area contributed by atoms with E-state index in [1.165, 1.54) is 0 Å². The second-order valence-electron chi connectivity index (χ2n) is 2.68. The van der Waals surface area contributed by atoms with Crippen LogP contribution in [0.2, 0.25) is 0 Å². The van der Waals surface area contributed by atoms with E-state index in [9.17, 15) is 0 Å². The summed E-state index contributed by atoms with van der Waals surface area (Å²) < 4.78 is 0. The minimum Gasteiger partial charge on any atom is -0.179 e. The molecule has 5 radical (unpaired) electrons. The van der Waals surface area contributed by atoms with Crippen LogP contribution in [0.5, 0.6) is 0 Å². The first kappa shape index (κ1) is 8.42. The zero-order valence-electron chi connectivity index (χ0n) is 7.09. The number of hydrogen-bond donors (Lipinski definition) is 0. The predicted molar refractivity (Wildman–Crippen MR) is 51.4 cm³/mol. The largest absolute Gasteiger partial charge is 0.179 e. The van der Waals surface area contributed by atoms with Gasteiger partial charge in [-0.25, -0.2) is 0 Å². The third-order valence-electron chi connectivity index (χ3n) is 1.68. The van der Waals surface area contributed by atoms with Crippen LogP contribution in [0.25, 0.3) is 0 Å². The molecule has 0 aromatic heterocycles. The van der Waals surface area contributed by atoms with Gasteiger partial charge < -0.3 is 0 Å². The highest BCUT2D eigenvalue weighted by atomic mass is 15.1. The molecule has 0 heterocycles. The molecule has 1 aliphatic carbocycles. The Morgan fingerprint density at radius 2 is 1.46 bits per heavy atom. The molecular weight excluding hydrogens is 160 g/mol. The second kappa shape index (κ2) is 4.17. The van der Waals surface area contributed by atoms with Crippen molar-refractivity contribution in [3.63, 3.8) is 0 Å². The van der Waals surface area contributed by atoms with E-state index < -0.39 is 0 Å². The normalized spacial score (nSPS) is 18.5. The van der Waals surface area contributed by atoms with Crippen molar-refractivity contribution in [3.8, 4) is 0 Å². The summed E-state index contributed by atoms with van der Waals surface area (Å²) in [6.45, 7) is 0. The summed E-state index contributed by atoms with van der Waals surface area (Å²) in [7, 11) is 0. The predicted octanol–water partition coefficient (Wildman–Crippen LogP) is 3.13. The molecule has 1 aromatic rings. The standard InChI is InChI=1S/C11H9N2/c1-2-6-10(7-3-1)12-13-11-8-4-5-9-11/h1-9H. The van der Waals surface area contributed by atoms with Crippen LogP contribution in [0.1, 0.15) is 0 Å². The molecule has 0 saturated heterocycles. The Labute approximate surface area is 78.7 Å². The van der Waals surface area contributed by atoms with E-state index >= 15 is 0 Å². The van der Waals surface area contributed by atoms with Gasteiger partial charge in [0, 0.05) is 0 Å². The average Bonchev–Trinajstić information content (AvgIpc) is 2.69. The number of rotatable bonds is 2. The summed E-state index contributed by atoms with van der Waals surface area (Å²) in [6, 6.07) is 10.6. The van der Waals surface area contributed by atoms with Gasteiger partial charge >= 0.3 is 0 Å². The molecule has 0 aliphatic heterocycles. The van der Waals surface area contributed by atoms with Crippen LogP contribution >= 0.6 is 0 Å². The van der Waals surface area contributed by atoms with Crippen molar-refractivity contribution in [3.05, 3.63) is 62.1 Å². The Kier molecular flexibility index (Phi) is 2.70. The lowest BCUT2D eigenvalue weighted by atomic mass is 10.3. The molecule has 1 aromatic carbocycles. The van der Waals surface area contributed by atoms with Crippen molar-refractivity contribution in [1.82, 2.24) is 0 Å². The lowest BCUT2D eigenvalue weighted by Gasteiger charge is -1.96. The fourth-order valence-corrected chi connectivity index (χ4v) is 1.04. The summed E-state index contributed by atoms with van der Waals surface area (Å²) >= 11 is 0. The lowest BCUT2D eigenvalue weighted by Crippen LogP contribution is -1.82. The van der Waals surface area contributed by atoms with Crippen molar-refractivity contribution >= 4 is 5.69 Å². The molecule has 1 aliphatic rings. The topological polar surface area (TPSA) is 24.7 Å². The van der Waals surface area contributed by atoms with Gasteiger partial charge in [0.25, 0.3) is 0 Å². The van der Waals surface area contributed by atoms with E-state index in [2.05, 4.69) is 10.2 Å². The van der Waals surface area contributed by atoms with Gasteiger partial charge in [0.15, 0.2) is 0 Å². The summed E-state index contributed by atoms with van der Waals surface area (Å²) in [5.74, 6) is 0. The molecule has 63 valence electrons. The van der Waals surface area contributed by atoms with Crippen LogP contribution in [0.15, 0.2) is 40.6 Å². The maximum absolute atomic E-state index is 4.07. The quantitative estimate of drug-likeness (QED) is 0.607. The Hall–Kier alpha value is -1.18. The minimum absolute atomic E-state index is 0.878. The summed E-state index contributed by atoms with van der Waals surface area (Å²) in [4.78, 5) is 0. The van der Waals surface area contributed by atoms with Gasteiger partial charge in [0.05, 0.1) is 5.69 Å². The zero-order chi connectivity index (χ0) is 8.93. The minimum atomic E-state index is 0.878. The van der Waals surface area contributed by atoms with Gasteiger partial charge in [-0.05, 0) is 37.8 Å². The van der Waals surface area contributed by atoms with Crippen LogP contribution in [-0.4, -0.2) is 0 Å². The van der Waals surface area contributed by atoms with Crippen molar-refractivity contribution in [1.29, 1.82) is 0 Å². The first-order valence-corrected chi connectivity index (χ1v) is 4.14. The SMILES string of the molecule is [CH]1[CH][CH][C](N=Nc2ccccc2)[CH]1. The van der Waals surface area contributed by atoms with Crippen LogP contribution in [0, 0.1) is 31.7 Å². The Morgan fingerprint density at radius 3 is 2.15 bits per heavy atom. The van der Waals surface area contributed by atoms with Gasteiger partial charge in [-0.3, -0.25) is 0 Å². The molecule has 0 amide bonds. The van der Waals surface area contributed by atoms with Gasteiger partial charge in [0.1, 0.15) is 6.04 Å². The third kappa shape index (κ3) is 2.38. The molecule has 1 fully saturated rings. The number of nitrogens with zero attached hydrogens (tertiary/aromatic N) is 2. The summed E-state index contributed by atoms with van der Waals surface area (Å²) in [5.41, 5.74) is 0.878. The molecule has 0 unspecified atom stereocenters. The van der Waals surface area contributed by atoms with Crippen LogP contribution < -0.4 is 0 Å². The fraction of sp³-hybridized carbons (Fsp3) is 0. The van der Waals surface area contributed by atoms with Crippen molar-refractivity contribution in [2.75, 3.05) is 0 Å². The van der Waals surface area contributed by atoms with Crippen molar-refractivity contribution < 1.29 is 0 Å². The van der Waals surface area contributed by atoms with Crippen molar-refractivity contribution in [2.24, 2.45) is 10.2 Å². The van der Waals surface area contributed by atoms with Crippen LogP contribution in [0.3, 0.4) is 0 Å². The highest BCUT2D eigenvalue weighted by Crippen LogP contribution is 2.25. The molecule has 2 nitrogen and oxygen atoms in total. The van der Waals surface area contributed by atoms with Gasteiger partial charge in [-0.1, -0.05) is 18.2 Å². The van der Waals surface area contributed by atoms with E-state index in [-0.39, 0.29) is 0 Å². The number of hydrogen-bond acceptors (Lipinski definition) is 2. The molecule has 0 bridgehead atoms. The molecule has 0 N–H and O–H groups in total. The first-order chi connectivity index (χ1) is 6.45. The number of benzene rings is 1. The Morgan fingerprint density at radius 1 is 0.769 bits per heavy atom. The summed E-state index contributed by atoms with van der Waals surface area (Å²) in [6.07, 6.45) is 7.73. The van der Waals surface area contributed by atoms with Crippen LogP contribution in [0.4, 0.5) is 5.69 Å². The molecule has 0 atom stereocenters. The Balaban J connectivity index is 1.97. The van der Waals surface area contributed by atoms with E-state index in [0.717, 1.165) is 11.7 Å². The summed E-state index contributed by atoms with van der Waals surface area (Å²) in [5, 5.41) is 8.14. The Bertz CT molecular complexity index is 273. The van der Waals surface area contributed by atoms with E-state index in [0.29, 0.717) is 0 Å². The van der Waals surface area contributed by atoms with Crippen LogP contribution in [-0.2, 0) is 0 Å². The maximum Gasteiger partial charge on any atom is 0.116 e. The third-order valence-corrected chi connectivity index (χ3v) is 1.68. The average molecular weight is 169 g/mol. The van der Waals surface area contributed by atoms with Crippen molar-refractivity contribution in [2.45, 2.75) is 0 Å². The highest BCUT2D eigenvalue weighted by Gasteiger charge is 2.15. The molecule has 2 heteroatoms. The lowest BCUT2D eigenvalue weighted by molar-refractivity contribution is 1.04. The monoisotopic (exact) mass is 169 g/mol. The molecule has 1 saturated carbocycles.